The summed E-state index contributed by atoms with van der Waals surface area (Å²) in [7, 11) is 0. The zero-order valence-electron chi connectivity index (χ0n) is 12.6. The molecule has 0 unspecified atom stereocenters. The summed E-state index contributed by atoms with van der Waals surface area (Å²) in [5.74, 6) is -0.0330. The minimum absolute atomic E-state index is 0.0330. The summed E-state index contributed by atoms with van der Waals surface area (Å²) in [6.07, 6.45) is 4.91. The van der Waals surface area contributed by atoms with Crippen molar-refractivity contribution >= 4 is 5.91 Å². The third-order valence-corrected chi connectivity index (χ3v) is 3.97. The summed E-state index contributed by atoms with van der Waals surface area (Å²) < 4.78 is 5.27. The molecule has 0 aromatic heterocycles. The van der Waals surface area contributed by atoms with E-state index in [0.29, 0.717) is 31.6 Å². The number of carbonyl (C=O) groups excluding carboxylic acids is 1. The molecule has 1 aliphatic rings. The number of carbonyl (C=O) groups is 1. The second kappa shape index (κ2) is 7.25. The Morgan fingerprint density at radius 2 is 1.84 bits per heavy atom. The zero-order chi connectivity index (χ0) is 14.4. The van der Waals surface area contributed by atoms with Gasteiger partial charge in [-0.3, -0.25) is 4.79 Å². The van der Waals surface area contributed by atoms with Gasteiger partial charge in [-0.2, -0.15) is 0 Å². The lowest BCUT2D eigenvalue weighted by atomic mass is 9.71. The lowest BCUT2D eigenvalue weighted by Gasteiger charge is -2.40. The normalized spacial score (nSPS) is 21.1. The highest BCUT2D eigenvalue weighted by Crippen LogP contribution is 2.39. The van der Waals surface area contributed by atoms with Gasteiger partial charge in [0.2, 0.25) is 5.91 Å². The van der Waals surface area contributed by atoms with Gasteiger partial charge in [0.05, 0.1) is 12.2 Å². The minimum atomic E-state index is -0.713. The maximum Gasteiger partial charge on any atom is 0.222 e. The van der Waals surface area contributed by atoms with Gasteiger partial charge in [0.1, 0.15) is 0 Å². The molecule has 0 saturated heterocycles. The number of ether oxygens (including phenoxy) is 1. The molecule has 1 fully saturated rings. The first-order valence-corrected chi connectivity index (χ1v) is 7.44. The Labute approximate surface area is 116 Å². The molecule has 0 heterocycles. The lowest BCUT2D eigenvalue weighted by molar-refractivity contribution is -0.124. The van der Waals surface area contributed by atoms with Crippen molar-refractivity contribution in [1.29, 1.82) is 0 Å². The standard InChI is InChI=1S/C15H29NO3/c1-4-10-19-11-5-13(17)16-12-15(18)8-6-14(2,3)7-9-15/h18H,4-12H2,1-3H3,(H,16,17). The third-order valence-electron chi connectivity index (χ3n) is 3.97. The highest BCUT2D eigenvalue weighted by atomic mass is 16.5. The number of hydrogen-bond donors (Lipinski definition) is 2. The Bertz CT molecular complexity index is 279. The van der Waals surface area contributed by atoms with Crippen LogP contribution < -0.4 is 5.32 Å². The maximum absolute atomic E-state index is 11.6. The summed E-state index contributed by atoms with van der Waals surface area (Å²) in [4.78, 5) is 11.6. The first kappa shape index (κ1) is 16.4. The van der Waals surface area contributed by atoms with E-state index in [2.05, 4.69) is 19.2 Å². The van der Waals surface area contributed by atoms with E-state index >= 15 is 0 Å². The highest BCUT2D eigenvalue weighted by Gasteiger charge is 2.36. The van der Waals surface area contributed by atoms with E-state index in [4.69, 9.17) is 4.74 Å². The predicted octanol–water partition coefficient (Wildman–Crippen LogP) is 2.25. The van der Waals surface area contributed by atoms with Gasteiger partial charge in [-0.1, -0.05) is 20.8 Å². The van der Waals surface area contributed by atoms with Gasteiger partial charge < -0.3 is 15.2 Å². The molecular weight excluding hydrogens is 242 g/mol. The molecule has 0 bridgehead atoms. The molecule has 0 atom stereocenters. The van der Waals surface area contributed by atoms with Crippen LogP contribution in [0.1, 0.15) is 59.3 Å². The van der Waals surface area contributed by atoms with Crippen molar-refractivity contribution in [3.63, 3.8) is 0 Å². The molecule has 0 aliphatic heterocycles. The molecule has 2 N–H and O–H groups in total. The van der Waals surface area contributed by atoms with Crippen LogP contribution in [0.4, 0.5) is 0 Å². The van der Waals surface area contributed by atoms with Crippen molar-refractivity contribution in [3.8, 4) is 0 Å². The van der Waals surface area contributed by atoms with E-state index in [9.17, 15) is 9.90 Å². The quantitative estimate of drug-likeness (QED) is 0.698. The monoisotopic (exact) mass is 271 g/mol. The van der Waals surface area contributed by atoms with Gasteiger partial charge in [0.25, 0.3) is 0 Å². The molecular formula is C15H29NO3. The molecule has 0 spiro atoms. The molecule has 1 saturated carbocycles. The molecule has 1 rings (SSSR count). The average Bonchev–Trinajstić information content (AvgIpc) is 2.37. The van der Waals surface area contributed by atoms with E-state index < -0.39 is 5.60 Å². The number of rotatable bonds is 7. The van der Waals surface area contributed by atoms with Crippen LogP contribution in [-0.2, 0) is 9.53 Å². The van der Waals surface area contributed by atoms with Gasteiger partial charge in [0.15, 0.2) is 0 Å². The number of aliphatic hydroxyl groups is 1. The summed E-state index contributed by atoms with van der Waals surface area (Å²) in [5.41, 5.74) is -0.389. The second-order valence-corrected chi connectivity index (χ2v) is 6.53. The Balaban J connectivity index is 2.19. The molecule has 0 aromatic rings. The van der Waals surface area contributed by atoms with Gasteiger partial charge in [-0.15, -0.1) is 0 Å². The van der Waals surface area contributed by atoms with Crippen LogP contribution in [0.5, 0.6) is 0 Å². The van der Waals surface area contributed by atoms with E-state index in [0.717, 1.165) is 32.1 Å². The number of hydrogen-bond acceptors (Lipinski definition) is 3. The first-order chi connectivity index (χ1) is 8.87. The van der Waals surface area contributed by atoms with E-state index in [-0.39, 0.29) is 5.91 Å². The van der Waals surface area contributed by atoms with Crippen LogP contribution in [0, 0.1) is 5.41 Å². The largest absolute Gasteiger partial charge is 0.388 e. The highest BCUT2D eigenvalue weighted by molar-refractivity contribution is 5.76. The van der Waals surface area contributed by atoms with Crippen LogP contribution in [0.15, 0.2) is 0 Å². The average molecular weight is 271 g/mol. The fraction of sp³-hybridized carbons (Fsp3) is 0.933. The van der Waals surface area contributed by atoms with E-state index in [1.165, 1.54) is 0 Å². The van der Waals surface area contributed by atoms with Crippen molar-refractivity contribution in [3.05, 3.63) is 0 Å². The van der Waals surface area contributed by atoms with Gasteiger partial charge >= 0.3 is 0 Å². The Kier molecular flexibility index (Phi) is 6.27. The molecule has 112 valence electrons. The summed E-state index contributed by atoms with van der Waals surface area (Å²) in [6.45, 7) is 8.04. The fourth-order valence-corrected chi connectivity index (χ4v) is 2.33. The molecule has 0 radical (unpaired) electrons. The van der Waals surface area contributed by atoms with Crippen molar-refractivity contribution < 1.29 is 14.6 Å². The fourth-order valence-electron chi connectivity index (χ4n) is 2.33. The molecule has 1 amide bonds. The smallest absolute Gasteiger partial charge is 0.222 e. The first-order valence-electron chi connectivity index (χ1n) is 7.44. The minimum Gasteiger partial charge on any atom is -0.388 e. The maximum atomic E-state index is 11.6. The Hall–Kier alpha value is -0.610. The third kappa shape index (κ3) is 6.39. The van der Waals surface area contributed by atoms with Crippen molar-refractivity contribution in [2.45, 2.75) is 64.9 Å². The molecule has 1 aliphatic carbocycles. The van der Waals surface area contributed by atoms with Crippen LogP contribution >= 0.6 is 0 Å². The molecule has 4 nitrogen and oxygen atoms in total. The van der Waals surface area contributed by atoms with Gasteiger partial charge in [-0.05, 0) is 37.5 Å². The summed E-state index contributed by atoms with van der Waals surface area (Å²) >= 11 is 0. The molecule has 0 aromatic carbocycles. The summed E-state index contributed by atoms with van der Waals surface area (Å²) in [5, 5.41) is 13.2. The Morgan fingerprint density at radius 3 is 2.42 bits per heavy atom. The van der Waals surface area contributed by atoms with Crippen LogP contribution in [-0.4, -0.2) is 36.4 Å². The zero-order valence-corrected chi connectivity index (χ0v) is 12.6. The lowest BCUT2D eigenvalue weighted by Crippen LogP contribution is -2.46. The van der Waals surface area contributed by atoms with Crippen molar-refractivity contribution in [2.24, 2.45) is 5.41 Å². The number of nitrogens with one attached hydrogen (secondary N) is 1. The van der Waals surface area contributed by atoms with Crippen molar-refractivity contribution in [1.82, 2.24) is 5.32 Å². The van der Waals surface area contributed by atoms with Crippen LogP contribution in [0.25, 0.3) is 0 Å². The molecule has 4 heteroatoms. The topological polar surface area (TPSA) is 58.6 Å². The Morgan fingerprint density at radius 1 is 1.21 bits per heavy atom. The van der Waals surface area contributed by atoms with Gasteiger partial charge in [-0.25, -0.2) is 0 Å². The predicted molar refractivity (Wildman–Crippen MR) is 75.9 cm³/mol. The van der Waals surface area contributed by atoms with E-state index in [1.54, 1.807) is 0 Å². The van der Waals surface area contributed by atoms with Crippen LogP contribution in [0.3, 0.4) is 0 Å². The summed E-state index contributed by atoms with van der Waals surface area (Å²) in [6, 6.07) is 0. The van der Waals surface area contributed by atoms with Crippen LogP contribution in [0.2, 0.25) is 0 Å². The van der Waals surface area contributed by atoms with Gasteiger partial charge in [0, 0.05) is 19.6 Å². The second-order valence-electron chi connectivity index (χ2n) is 6.53. The van der Waals surface area contributed by atoms with E-state index in [1.807, 2.05) is 6.92 Å². The molecule has 19 heavy (non-hydrogen) atoms. The number of amides is 1. The SMILES string of the molecule is CCCOCCC(=O)NCC1(O)CCC(C)(C)CC1. The van der Waals surface area contributed by atoms with Crippen molar-refractivity contribution in [2.75, 3.05) is 19.8 Å².